The van der Waals surface area contributed by atoms with E-state index in [0.717, 1.165) is 68.3 Å². The Balaban J connectivity index is 1.16. The molecule has 0 aromatic heterocycles. The number of fused-ring (bicyclic) bond motifs is 1. The number of ether oxygens (including phenoxy) is 1. The standard InChI is InChI=1S/C37H46FN5O3/c1-37(2,3)46-36(45)41(5)31-15-18-43(19-16-31)32-24-42(25-32)17-14-29(27-10-12-30(38)13-11-27)23-40(4)35(44)34-21-26(22-39)20-28-8-6-7-9-33(28)34/h6-13,20-21,29,31-32H,14-19,23-25H2,1-5H3/t29-/m1/s1. The van der Waals surface area contributed by atoms with Gasteiger partial charge in [0.05, 0.1) is 11.6 Å². The van der Waals surface area contributed by atoms with Gasteiger partial charge >= 0.3 is 6.09 Å². The highest BCUT2D eigenvalue weighted by Gasteiger charge is 2.36. The molecule has 0 aliphatic carbocycles. The zero-order chi connectivity index (χ0) is 33.0. The SMILES string of the molecule is CN(C[C@@H](CCN1CC(N2CCC(N(C)C(=O)OC(C)(C)C)CC2)C1)c1ccc(F)cc1)C(=O)c1cc(C#N)cc2ccccc12. The van der Waals surface area contributed by atoms with Crippen LogP contribution in [0.25, 0.3) is 10.8 Å². The third-order valence-electron chi connectivity index (χ3n) is 9.38. The van der Waals surface area contributed by atoms with Gasteiger partial charge < -0.3 is 19.4 Å². The first-order chi connectivity index (χ1) is 21.9. The molecule has 2 aliphatic heterocycles. The molecule has 9 heteroatoms. The molecule has 5 rings (SSSR count). The number of nitrogens with zero attached hydrogens (tertiary/aromatic N) is 5. The lowest BCUT2D eigenvalue weighted by Gasteiger charge is -2.48. The highest BCUT2D eigenvalue weighted by molar-refractivity contribution is 6.07. The second-order valence-corrected chi connectivity index (χ2v) is 13.9. The monoisotopic (exact) mass is 627 g/mol. The summed E-state index contributed by atoms with van der Waals surface area (Å²) in [5.41, 5.74) is 1.48. The lowest BCUT2D eigenvalue weighted by Crippen LogP contribution is -2.61. The summed E-state index contributed by atoms with van der Waals surface area (Å²) in [5.74, 6) is -0.387. The molecule has 0 N–H and O–H groups in total. The van der Waals surface area contributed by atoms with Crippen molar-refractivity contribution in [2.75, 3.05) is 53.4 Å². The molecular formula is C37H46FN5O3. The number of hydrogen-bond acceptors (Lipinski definition) is 6. The Labute approximate surface area is 272 Å². The number of halogens is 1. The third-order valence-corrected chi connectivity index (χ3v) is 9.38. The second kappa shape index (κ2) is 14.2. The topological polar surface area (TPSA) is 80.1 Å². The van der Waals surface area contributed by atoms with Crippen molar-refractivity contribution in [2.24, 2.45) is 0 Å². The van der Waals surface area contributed by atoms with Crippen LogP contribution in [0.15, 0.2) is 60.7 Å². The molecular weight excluding hydrogens is 581 g/mol. The predicted molar refractivity (Wildman–Crippen MR) is 178 cm³/mol. The number of likely N-dealkylation sites (tertiary alicyclic amines) is 2. The van der Waals surface area contributed by atoms with Crippen LogP contribution in [-0.2, 0) is 4.74 Å². The molecule has 46 heavy (non-hydrogen) atoms. The molecule has 3 aromatic rings. The molecule has 244 valence electrons. The summed E-state index contributed by atoms with van der Waals surface area (Å²) in [5, 5.41) is 11.3. The fraction of sp³-hybridized carbons (Fsp3) is 0.486. The lowest BCUT2D eigenvalue weighted by atomic mass is 9.93. The van der Waals surface area contributed by atoms with Crippen molar-refractivity contribution in [3.05, 3.63) is 83.2 Å². The molecule has 1 atom stereocenters. The highest BCUT2D eigenvalue weighted by Crippen LogP contribution is 2.28. The summed E-state index contributed by atoms with van der Waals surface area (Å²) in [6, 6.07) is 20.6. The predicted octanol–water partition coefficient (Wildman–Crippen LogP) is 6.11. The van der Waals surface area contributed by atoms with Crippen LogP contribution in [0.1, 0.15) is 67.4 Å². The minimum atomic E-state index is -0.499. The number of nitriles is 1. The van der Waals surface area contributed by atoms with Crippen LogP contribution in [0.4, 0.5) is 9.18 Å². The van der Waals surface area contributed by atoms with E-state index in [2.05, 4.69) is 15.9 Å². The minimum absolute atomic E-state index is 0.0261. The summed E-state index contributed by atoms with van der Waals surface area (Å²) in [6.07, 6.45) is 2.45. The molecule has 2 saturated heterocycles. The summed E-state index contributed by atoms with van der Waals surface area (Å²) in [7, 11) is 3.64. The van der Waals surface area contributed by atoms with Crippen LogP contribution in [0, 0.1) is 17.1 Å². The Hall–Kier alpha value is -4.00. The normalized spacial score (nSPS) is 17.2. The van der Waals surface area contributed by atoms with Gasteiger partial charge in [-0.25, -0.2) is 9.18 Å². The number of rotatable bonds is 9. The highest BCUT2D eigenvalue weighted by atomic mass is 19.1. The van der Waals surface area contributed by atoms with E-state index in [0.29, 0.717) is 23.7 Å². The number of hydrogen-bond donors (Lipinski definition) is 0. The van der Waals surface area contributed by atoms with Crippen LogP contribution in [-0.4, -0.2) is 103 Å². The number of carbonyl (C=O) groups is 2. The Kier molecular flexibility index (Phi) is 10.3. The Bertz CT molecular complexity index is 1570. The van der Waals surface area contributed by atoms with Gasteiger partial charge in [-0.05, 0) is 87.2 Å². The minimum Gasteiger partial charge on any atom is -0.444 e. The van der Waals surface area contributed by atoms with Crippen LogP contribution >= 0.6 is 0 Å². The zero-order valence-electron chi connectivity index (χ0n) is 27.7. The van der Waals surface area contributed by atoms with Crippen molar-refractivity contribution in [2.45, 2.75) is 63.6 Å². The summed E-state index contributed by atoms with van der Waals surface area (Å²) >= 11 is 0. The maximum absolute atomic E-state index is 13.8. The first-order valence-electron chi connectivity index (χ1n) is 16.3. The Morgan fingerprint density at radius 3 is 2.37 bits per heavy atom. The van der Waals surface area contributed by atoms with E-state index in [1.807, 2.05) is 64.2 Å². The van der Waals surface area contributed by atoms with E-state index in [1.165, 1.54) is 12.1 Å². The molecule has 2 amide bonds. The van der Waals surface area contributed by atoms with Crippen molar-refractivity contribution < 1.29 is 18.7 Å². The summed E-state index contributed by atoms with van der Waals surface area (Å²) in [6.45, 7) is 10.9. The molecule has 2 fully saturated rings. The van der Waals surface area contributed by atoms with Gasteiger partial charge in [-0.15, -0.1) is 0 Å². The average molecular weight is 628 g/mol. The second-order valence-electron chi connectivity index (χ2n) is 13.9. The van der Waals surface area contributed by atoms with Gasteiger partial charge in [0.1, 0.15) is 11.4 Å². The molecule has 3 aromatic carbocycles. The molecule has 0 bridgehead atoms. The van der Waals surface area contributed by atoms with E-state index in [-0.39, 0.29) is 29.8 Å². The molecule has 2 heterocycles. The van der Waals surface area contributed by atoms with Crippen molar-refractivity contribution in [1.82, 2.24) is 19.6 Å². The van der Waals surface area contributed by atoms with Crippen LogP contribution < -0.4 is 0 Å². The fourth-order valence-corrected chi connectivity index (χ4v) is 6.69. The summed E-state index contributed by atoms with van der Waals surface area (Å²) < 4.78 is 19.4. The van der Waals surface area contributed by atoms with E-state index in [1.54, 1.807) is 29.0 Å². The number of likely N-dealkylation sites (N-methyl/N-ethyl adjacent to an activating group) is 1. The van der Waals surface area contributed by atoms with Gasteiger partial charge in [-0.3, -0.25) is 9.69 Å². The molecule has 2 aliphatic rings. The zero-order valence-corrected chi connectivity index (χ0v) is 27.7. The van der Waals surface area contributed by atoms with E-state index < -0.39 is 5.60 Å². The molecule has 0 unspecified atom stereocenters. The lowest BCUT2D eigenvalue weighted by molar-refractivity contribution is -0.00607. The van der Waals surface area contributed by atoms with Crippen molar-refractivity contribution in [3.8, 4) is 6.07 Å². The van der Waals surface area contributed by atoms with Gasteiger partial charge in [0, 0.05) is 70.4 Å². The number of benzene rings is 3. The maximum atomic E-state index is 13.8. The average Bonchev–Trinajstić information content (AvgIpc) is 3.02. The Morgan fingerprint density at radius 1 is 1.04 bits per heavy atom. The fourth-order valence-electron chi connectivity index (χ4n) is 6.69. The van der Waals surface area contributed by atoms with Gasteiger partial charge in [-0.1, -0.05) is 36.4 Å². The van der Waals surface area contributed by atoms with Crippen LogP contribution in [0.5, 0.6) is 0 Å². The smallest absolute Gasteiger partial charge is 0.410 e. The van der Waals surface area contributed by atoms with Gasteiger partial charge in [-0.2, -0.15) is 5.26 Å². The number of amides is 2. The number of piperidine rings is 1. The third kappa shape index (κ3) is 8.04. The van der Waals surface area contributed by atoms with Crippen LogP contribution in [0.3, 0.4) is 0 Å². The van der Waals surface area contributed by atoms with E-state index in [4.69, 9.17) is 4.74 Å². The van der Waals surface area contributed by atoms with Crippen molar-refractivity contribution >= 4 is 22.8 Å². The first-order valence-corrected chi connectivity index (χ1v) is 16.3. The molecule has 0 radical (unpaired) electrons. The van der Waals surface area contributed by atoms with Gasteiger partial charge in [0.15, 0.2) is 0 Å². The Morgan fingerprint density at radius 2 is 1.72 bits per heavy atom. The quantitative estimate of drug-likeness (QED) is 0.285. The number of carbonyl (C=O) groups excluding carboxylic acids is 2. The van der Waals surface area contributed by atoms with E-state index in [9.17, 15) is 19.2 Å². The molecule has 8 nitrogen and oxygen atoms in total. The maximum Gasteiger partial charge on any atom is 0.410 e. The van der Waals surface area contributed by atoms with Crippen molar-refractivity contribution in [1.29, 1.82) is 5.26 Å². The van der Waals surface area contributed by atoms with Crippen LogP contribution in [0.2, 0.25) is 0 Å². The van der Waals surface area contributed by atoms with Crippen molar-refractivity contribution in [3.63, 3.8) is 0 Å². The molecule has 0 spiro atoms. The summed E-state index contributed by atoms with van der Waals surface area (Å²) in [4.78, 5) is 34.7. The largest absolute Gasteiger partial charge is 0.444 e. The first kappa shape index (κ1) is 33.4. The van der Waals surface area contributed by atoms with E-state index >= 15 is 0 Å². The van der Waals surface area contributed by atoms with Gasteiger partial charge in [0.25, 0.3) is 5.91 Å². The van der Waals surface area contributed by atoms with Gasteiger partial charge in [0.2, 0.25) is 0 Å². The molecule has 0 saturated carbocycles.